The summed E-state index contributed by atoms with van der Waals surface area (Å²) in [6.07, 6.45) is 7.36. The van der Waals surface area contributed by atoms with Gasteiger partial charge in [-0.25, -0.2) is 9.97 Å². The van der Waals surface area contributed by atoms with Crippen LogP contribution in [-0.4, -0.2) is 46.8 Å². The van der Waals surface area contributed by atoms with Crippen LogP contribution in [0.5, 0.6) is 5.75 Å². The van der Waals surface area contributed by atoms with Crippen molar-refractivity contribution >= 4 is 23.3 Å². The third kappa shape index (κ3) is 3.29. The van der Waals surface area contributed by atoms with Crippen LogP contribution in [0.2, 0.25) is 0 Å². The van der Waals surface area contributed by atoms with E-state index < -0.39 is 0 Å². The second kappa shape index (κ2) is 7.69. The minimum Gasteiger partial charge on any atom is -0.496 e. The van der Waals surface area contributed by atoms with E-state index in [2.05, 4.69) is 15.6 Å². The molecule has 0 bridgehead atoms. The van der Waals surface area contributed by atoms with Crippen LogP contribution in [-0.2, 0) is 0 Å². The molecule has 1 atom stereocenters. The van der Waals surface area contributed by atoms with Crippen molar-refractivity contribution in [1.29, 1.82) is 5.41 Å². The number of hydrogen-bond donors (Lipinski definition) is 4. The zero-order valence-electron chi connectivity index (χ0n) is 15.6. The van der Waals surface area contributed by atoms with Crippen LogP contribution < -0.4 is 21.1 Å². The van der Waals surface area contributed by atoms with Gasteiger partial charge in [-0.3, -0.25) is 4.40 Å². The van der Waals surface area contributed by atoms with Crippen LogP contribution >= 0.6 is 0 Å². The Morgan fingerprint density at radius 3 is 3.07 bits per heavy atom. The Balaban J connectivity index is 1.76. The number of pyridine rings is 2. The zero-order valence-corrected chi connectivity index (χ0v) is 15.6. The van der Waals surface area contributed by atoms with Gasteiger partial charge < -0.3 is 26.5 Å². The minimum atomic E-state index is 0.394. The van der Waals surface area contributed by atoms with Crippen molar-refractivity contribution in [3.05, 3.63) is 48.4 Å². The largest absolute Gasteiger partial charge is 0.496 e. The van der Waals surface area contributed by atoms with Gasteiger partial charge in [0.15, 0.2) is 0 Å². The highest BCUT2D eigenvalue weighted by molar-refractivity contribution is 6.09. The minimum absolute atomic E-state index is 0.394. The summed E-state index contributed by atoms with van der Waals surface area (Å²) in [5.74, 6) is 1.46. The van der Waals surface area contributed by atoms with Crippen LogP contribution in [0, 0.1) is 5.41 Å². The molecule has 144 valence electrons. The molecule has 0 saturated carbocycles. The maximum absolute atomic E-state index is 7.61. The van der Waals surface area contributed by atoms with Crippen LogP contribution in [0.1, 0.15) is 12.0 Å². The van der Waals surface area contributed by atoms with Gasteiger partial charge in [0.25, 0.3) is 0 Å². The van der Waals surface area contributed by atoms with E-state index in [0.29, 0.717) is 17.4 Å². The molecule has 0 aromatic carbocycles. The number of hydrogen-bond acceptors (Lipinski definition) is 7. The fourth-order valence-corrected chi connectivity index (χ4v) is 3.44. The number of methoxy groups -OCH3 is 1. The van der Waals surface area contributed by atoms with E-state index in [4.69, 9.17) is 20.9 Å². The lowest BCUT2D eigenvalue weighted by molar-refractivity contribution is 0.413. The number of aromatic nitrogens is 3. The van der Waals surface area contributed by atoms with Crippen molar-refractivity contribution < 1.29 is 4.74 Å². The second-order valence-corrected chi connectivity index (χ2v) is 6.64. The topological polar surface area (TPSA) is 113 Å². The molecule has 0 amide bonds. The zero-order chi connectivity index (χ0) is 19.5. The highest BCUT2D eigenvalue weighted by Gasteiger charge is 2.16. The molecule has 3 aromatic rings. The molecule has 1 saturated heterocycles. The molecule has 3 aromatic heterocycles. The van der Waals surface area contributed by atoms with E-state index in [0.717, 1.165) is 47.9 Å². The molecule has 0 spiro atoms. The summed E-state index contributed by atoms with van der Waals surface area (Å²) in [4.78, 5) is 9.26. The molecular formula is C20H23N7O. The van der Waals surface area contributed by atoms with Gasteiger partial charge in [-0.2, -0.15) is 0 Å². The van der Waals surface area contributed by atoms with Crippen molar-refractivity contribution in [2.75, 3.05) is 25.5 Å². The van der Waals surface area contributed by atoms with Gasteiger partial charge in [-0.1, -0.05) is 6.07 Å². The molecule has 8 heteroatoms. The monoisotopic (exact) mass is 377 g/mol. The lowest BCUT2D eigenvalue weighted by Crippen LogP contribution is -2.22. The van der Waals surface area contributed by atoms with Crippen molar-refractivity contribution in [3.8, 4) is 17.1 Å². The quantitative estimate of drug-likeness (QED) is 0.490. The van der Waals surface area contributed by atoms with E-state index in [-0.39, 0.29) is 0 Å². The predicted molar refractivity (Wildman–Crippen MR) is 111 cm³/mol. The normalized spacial score (nSPS) is 17.0. The molecule has 4 heterocycles. The van der Waals surface area contributed by atoms with Gasteiger partial charge in [0, 0.05) is 48.4 Å². The highest BCUT2D eigenvalue weighted by atomic mass is 16.5. The van der Waals surface area contributed by atoms with Gasteiger partial charge in [0.1, 0.15) is 17.2 Å². The summed E-state index contributed by atoms with van der Waals surface area (Å²) in [6, 6.07) is 8.15. The summed E-state index contributed by atoms with van der Waals surface area (Å²) in [7, 11) is 1.59. The fraction of sp³-hybridized carbons (Fsp3) is 0.250. The number of imidazole rings is 1. The Labute approximate surface area is 163 Å². The van der Waals surface area contributed by atoms with E-state index in [1.165, 1.54) is 12.4 Å². The third-order valence-corrected chi connectivity index (χ3v) is 4.90. The Bertz CT molecular complexity index is 1030. The van der Waals surface area contributed by atoms with Crippen LogP contribution in [0.25, 0.3) is 22.6 Å². The van der Waals surface area contributed by atoms with Crippen molar-refractivity contribution in [1.82, 2.24) is 19.7 Å². The number of nitrogens with zero attached hydrogens (tertiary/aromatic N) is 3. The Morgan fingerprint density at radius 2 is 2.36 bits per heavy atom. The summed E-state index contributed by atoms with van der Waals surface area (Å²) < 4.78 is 7.40. The van der Waals surface area contributed by atoms with E-state index >= 15 is 0 Å². The second-order valence-electron chi connectivity index (χ2n) is 6.64. The molecule has 1 aliphatic heterocycles. The van der Waals surface area contributed by atoms with Crippen molar-refractivity contribution in [2.45, 2.75) is 12.5 Å². The van der Waals surface area contributed by atoms with Crippen LogP contribution in [0.3, 0.4) is 0 Å². The van der Waals surface area contributed by atoms with Gasteiger partial charge in [0.05, 0.1) is 24.7 Å². The lowest BCUT2D eigenvalue weighted by atomic mass is 10.1. The predicted octanol–water partition coefficient (Wildman–Crippen LogP) is 2.13. The number of fused-ring (bicyclic) bond motifs is 1. The Kier molecular flexibility index (Phi) is 4.94. The molecule has 0 radical (unpaired) electrons. The fourth-order valence-electron chi connectivity index (χ4n) is 3.44. The van der Waals surface area contributed by atoms with E-state index in [1.807, 2.05) is 34.9 Å². The number of rotatable bonds is 6. The SMILES string of the molecule is COc1cc2ncc(-c3cccc(NC4CCNC4)n3)n2cc1/C(C=N)=C/N. The number of ether oxygens (including phenoxy) is 1. The molecule has 1 aliphatic rings. The third-order valence-electron chi connectivity index (χ3n) is 4.90. The lowest BCUT2D eigenvalue weighted by Gasteiger charge is -2.13. The van der Waals surface area contributed by atoms with Crippen LogP contribution in [0.4, 0.5) is 5.82 Å². The smallest absolute Gasteiger partial charge is 0.140 e. The van der Waals surface area contributed by atoms with E-state index in [9.17, 15) is 0 Å². The Morgan fingerprint density at radius 1 is 1.46 bits per heavy atom. The molecule has 4 rings (SSSR count). The summed E-state index contributed by atoms with van der Waals surface area (Å²) in [6.45, 7) is 1.97. The molecule has 8 nitrogen and oxygen atoms in total. The maximum atomic E-state index is 7.61. The molecule has 0 aliphatic carbocycles. The first kappa shape index (κ1) is 18.0. The maximum Gasteiger partial charge on any atom is 0.140 e. The molecular weight excluding hydrogens is 354 g/mol. The summed E-state index contributed by atoms with van der Waals surface area (Å²) >= 11 is 0. The number of nitrogens with two attached hydrogens (primary N) is 1. The summed E-state index contributed by atoms with van der Waals surface area (Å²) in [5.41, 5.74) is 9.37. The van der Waals surface area contributed by atoms with Gasteiger partial charge >= 0.3 is 0 Å². The highest BCUT2D eigenvalue weighted by Crippen LogP contribution is 2.29. The Hall–Kier alpha value is -3.39. The first-order valence-corrected chi connectivity index (χ1v) is 9.16. The molecule has 28 heavy (non-hydrogen) atoms. The average Bonchev–Trinajstić information content (AvgIpc) is 3.38. The first-order valence-electron chi connectivity index (χ1n) is 9.16. The first-order chi connectivity index (χ1) is 13.7. The van der Waals surface area contributed by atoms with Crippen molar-refractivity contribution in [3.63, 3.8) is 0 Å². The van der Waals surface area contributed by atoms with Gasteiger partial charge in [-0.05, 0) is 25.1 Å². The molecule has 1 fully saturated rings. The average molecular weight is 377 g/mol. The van der Waals surface area contributed by atoms with Crippen molar-refractivity contribution in [2.24, 2.45) is 5.73 Å². The van der Waals surface area contributed by atoms with Gasteiger partial charge in [0.2, 0.25) is 0 Å². The number of allylic oxidation sites excluding steroid dienone is 1. The van der Waals surface area contributed by atoms with Gasteiger partial charge in [-0.15, -0.1) is 0 Å². The van der Waals surface area contributed by atoms with Crippen LogP contribution in [0.15, 0.2) is 42.9 Å². The molecule has 1 unspecified atom stereocenters. The summed E-state index contributed by atoms with van der Waals surface area (Å²) in [5, 5.41) is 14.4. The number of anilines is 1. The van der Waals surface area contributed by atoms with E-state index in [1.54, 1.807) is 13.3 Å². The number of nitrogens with one attached hydrogen (secondary N) is 3. The molecule has 5 N–H and O–H groups in total. The standard InChI is InChI=1S/C20H23N7O/c1-28-18-7-20-24-11-17(27(20)12-15(18)13(8-21)9-22)16-3-2-4-19(26-16)25-14-5-6-23-10-14/h2-4,7-9,11-12,14,21,23H,5-6,10,22H2,1H3,(H,25,26)/b13-9+,21-8?.